The molecule has 0 unspecified atom stereocenters. The summed E-state index contributed by atoms with van der Waals surface area (Å²) >= 11 is 6.05. The van der Waals surface area contributed by atoms with E-state index in [-0.39, 0.29) is 23.5 Å². The Morgan fingerprint density at radius 3 is 2.39 bits per heavy atom. The highest BCUT2D eigenvalue weighted by molar-refractivity contribution is 7.89. The zero-order chi connectivity index (χ0) is 23.8. The van der Waals surface area contributed by atoms with E-state index in [9.17, 15) is 13.2 Å². The largest absolute Gasteiger partial charge is 0.338 e. The van der Waals surface area contributed by atoms with E-state index in [1.165, 1.54) is 4.31 Å². The molecule has 0 aromatic heterocycles. The molecular formula is C24H33ClN4O3S. The lowest BCUT2D eigenvalue weighted by molar-refractivity contribution is -0.142. The van der Waals surface area contributed by atoms with E-state index in [0.717, 1.165) is 43.1 Å². The van der Waals surface area contributed by atoms with Gasteiger partial charge in [0.25, 0.3) is 0 Å². The molecule has 2 aromatic carbocycles. The lowest BCUT2D eigenvalue weighted by Crippen LogP contribution is -2.59. The summed E-state index contributed by atoms with van der Waals surface area (Å²) in [6.07, 6.45) is 3.08. The molecule has 4 rings (SSSR count). The Kier molecular flexibility index (Phi) is 7.31. The van der Waals surface area contributed by atoms with Gasteiger partial charge in [-0.05, 0) is 74.6 Å². The van der Waals surface area contributed by atoms with Crippen LogP contribution in [0.5, 0.6) is 0 Å². The summed E-state index contributed by atoms with van der Waals surface area (Å²) in [6, 6.07) is 10.1. The van der Waals surface area contributed by atoms with Crippen molar-refractivity contribution in [1.82, 2.24) is 14.1 Å². The molecule has 180 valence electrons. The topological polar surface area (TPSA) is 86.9 Å². The molecular weight excluding hydrogens is 460 g/mol. The van der Waals surface area contributed by atoms with Gasteiger partial charge in [0.15, 0.2) is 0 Å². The van der Waals surface area contributed by atoms with Crippen LogP contribution >= 0.6 is 11.6 Å². The number of likely N-dealkylation sites (tertiary alicyclic amines) is 2. The molecule has 0 radical (unpaired) electrons. The first-order chi connectivity index (χ1) is 15.7. The summed E-state index contributed by atoms with van der Waals surface area (Å²) in [5, 5.41) is 2.22. The van der Waals surface area contributed by atoms with Gasteiger partial charge in [-0.15, -0.1) is 0 Å². The van der Waals surface area contributed by atoms with Crippen molar-refractivity contribution in [1.29, 1.82) is 0 Å². The number of sulfonamides is 1. The lowest BCUT2D eigenvalue weighted by Gasteiger charge is -2.44. The van der Waals surface area contributed by atoms with E-state index in [0.29, 0.717) is 24.0 Å². The van der Waals surface area contributed by atoms with Crippen LogP contribution in [0.3, 0.4) is 0 Å². The summed E-state index contributed by atoms with van der Waals surface area (Å²) in [5.41, 5.74) is 5.95. The van der Waals surface area contributed by atoms with Gasteiger partial charge in [0.1, 0.15) is 6.04 Å². The minimum atomic E-state index is -3.94. The molecule has 2 aliphatic heterocycles. The van der Waals surface area contributed by atoms with Gasteiger partial charge in [0.2, 0.25) is 15.9 Å². The van der Waals surface area contributed by atoms with Crippen molar-refractivity contribution < 1.29 is 13.2 Å². The number of fused-ring (bicyclic) bond motifs is 1. The second-order valence-corrected chi connectivity index (χ2v) is 11.6. The van der Waals surface area contributed by atoms with E-state index >= 15 is 0 Å². The lowest BCUT2D eigenvalue weighted by atomic mass is 9.97. The van der Waals surface area contributed by atoms with Gasteiger partial charge in [-0.3, -0.25) is 4.79 Å². The third-order valence-corrected chi connectivity index (χ3v) is 9.13. The van der Waals surface area contributed by atoms with Gasteiger partial charge < -0.3 is 15.5 Å². The fourth-order valence-corrected chi connectivity index (χ4v) is 6.80. The van der Waals surface area contributed by atoms with Gasteiger partial charge in [-0.2, -0.15) is 4.31 Å². The van der Waals surface area contributed by atoms with E-state index in [1.54, 1.807) is 36.4 Å². The first-order valence-electron chi connectivity index (χ1n) is 11.7. The highest BCUT2D eigenvalue weighted by Gasteiger charge is 2.41. The summed E-state index contributed by atoms with van der Waals surface area (Å²) < 4.78 is 28.3. The zero-order valence-corrected chi connectivity index (χ0v) is 20.9. The first-order valence-corrected chi connectivity index (χ1v) is 13.5. The molecule has 2 saturated heterocycles. The minimum Gasteiger partial charge on any atom is -0.338 e. The van der Waals surface area contributed by atoms with Crippen molar-refractivity contribution in [3.8, 4) is 0 Å². The van der Waals surface area contributed by atoms with E-state index in [1.807, 2.05) is 4.90 Å². The number of nitrogens with two attached hydrogens (primary N) is 1. The van der Waals surface area contributed by atoms with Crippen LogP contribution < -0.4 is 5.73 Å². The van der Waals surface area contributed by atoms with Crippen molar-refractivity contribution in [3.63, 3.8) is 0 Å². The summed E-state index contributed by atoms with van der Waals surface area (Å²) in [6.45, 7) is 6.73. The highest BCUT2D eigenvalue weighted by atomic mass is 35.5. The van der Waals surface area contributed by atoms with Gasteiger partial charge in [0.05, 0.1) is 11.6 Å². The van der Waals surface area contributed by atoms with Gasteiger partial charge in [-0.25, -0.2) is 8.42 Å². The second-order valence-electron chi connectivity index (χ2n) is 9.28. The number of carbonyl (C=O) groups is 1. The third-order valence-electron chi connectivity index (χ3n) is 7.02. The molecule has 0 spiro atoms. The maximum Gasteiger partial charge on any atom is 0.244 e. The van der Waals surface area contributed by atoms with Crippen LogP contribution in [0.2, 0.25) is 5.02 Å². The maximum atomic E-state index is 13.6. The normalized spacial score (nSPS) is 21.5. The molecule has 9 heteroatoms. The van der Waals surface area contributed by atoms with Crippen LogP contribution in [0.25, 0.3) is 10.8 Å². The Hall–Kier alpha value is -1.71. The second kappa shape index (κ2) is 9.88. The zero-order valence-electron chi connectivity index (χ0n) is 19.3. The van der Waals surface area contributed by atoms with Crippen LogP contribution in [0.4, 0.5) is 0 Å². The van der Waals surface area contributed by atoms with Crippen LogP contribution in [0.15, 0.2) is 41.3 Å². The summed E-state index contributed by atoms with van der Waals surface area (Å²) in [7, 11) is -3.94. The number of amides is 1. The Morgan fingerprint density at radius 1 is 1.06 bits per heavy atom. The molecule has 33 heavy (non-hydrogen) atoms. The van der Waals surface area contributed by atoms with Crippen LogP contribution in [0, 0.1) is 0 Å². The van der Waals surface area contributed by atoms with Crippen molar-refractivity contribution >= 4 is 38.3 Å². The summed E-state index contributed by atoms with van der Waals surface area (Å²) in [4.78, 5) is 18.0. The quantitative estimate of drug-likeness (QED) is 0.625. The molecule has 2 aliphatic rings. The van der Waals surface area contributed by atoms with Crippen molar-refractivity contribution in [2.75, 3.05) is 26.3 Å². The Balaban J connectivity index is 1.56. The van der Waals surface area contributed by atoms with Crippen LogP contribution in [-0.2, 0) is 14.8 Å². The highest BCUT2D eigenvalue weighted by Crippen LogP contribution is 2.29. The Morgan fingerprint density at radius 2 is 1.73 bits per heavy atom. The van der Waals surface area contributed by atoms with Crippen molar-refractivity contribution in [2.45, 2.75) is 62.6 Å². The maximum absolute atomic E-state index is 13.6. The molecule has 0 bridgehead atoms. The molecule has 0 saturated carbocycles. The number of hydrogen-bond acceptors (Lipinski definition) is 5. The molecule has 7 nitrogen and oxygen atoms in total. The third kappa shape index (κ3) is 4.91. The van der Waals surface area contributed by atoms with E-state index in [4.69, 9.17) is 17.3 Å². The van der Waals surface area contributed by atoms with Gasteiger partial charge in [0, 0.05) is 36.7 Å². The van der Waals surface area contributed by atoms with Crippen LogP contribution in [-0.4, -0.2) is 72.9 Å². The SMILES string of the molecule is CC(C)N1CCC(N2CCC[C@H](N(CN)S(=O)(=O)c3ccc4cc(Cl)ccc4c3)C2=O)CC1. The van der Waals surface area contributed by atoms with Gasteiger partial charge >= 0.3 is 0 Å². The molecule has 2 aromatic rings. The molecule has 2 heterocycles. The number of halogens is 1. The molecule has 0 aliphatic carbocycles. The molecule has 2 N–H and O–H groups in total. The summed E-state index contributed by atoms with van der Waals surface area (Å²) in [5.74, 6) is -0.120. The minimum absolute atomic E-state index is 0.120. The van der Waals surface area contributed by atoms with Crippen LogP contribution in [0.1, 0.15) is 39.5 Å². The van der Waals surface area contributed by atoms with E-state index in [2.05, 4.69) is 18.7 Å². The van der Waals surface area contributed by atoms with Gasteiger partial charge in [-0.1, -0.05) is 23.7 Å². The van der Waals surface area contributed by atoms with Crippen molar-refractivity contribution in [2.24, 2.45) is 5.73 Å². The Bertz CT molecular complexity index is 1120. The average Bonchev–Trinajstić information content (AvgIpc) is 2.80. The smallest absolute Gasteiger partial charge is 0.244 e. The Labute approximate surface area is 201 Å². The fraction of sp³-hybridized carbons (Fsp3) is 0.542. The number of rotatable bonds is 6. The molecule has 2 fully saturated rings. The average molecular weight is 493 g/mol. The molecule has 1 atom stereocenters. The standard InChI is InChI=1S/C24H33ClN4O3S/c1-17(2)27-12-9-21(10-13-27)28-11-3-4-23(24(28)30)29(16-26)33(31,32)22-8-6-18-14-20(25)7-5-19(18)15-22/h5-8,14-15,17,21,23H,3-4,9-13,16,26H2,1-2H3/t23-/m0/s1. The number of hydrogen-bond donors (Lipinski definition) is 1. The van der Waals surface area contributed by atoms with Crippen molar-refractivity contribution in [3.05, 3.63) is 41.4 Å². The predicted molar refractivity (Wildman–Crippen MR) is 132 cm³/mol. The van der Waals surface area contributed by atoms with E-state index < -0.39 is 16.1 Å². The number of piperidine rings is 2. The molecule has 1 amide bonds. The first kappa shape index (κ1) is 24.4. The number of benzene rings is 2. The number of nitrogens with zero attached hydrogens (tertiary/aromatic N) is 3. The fourth-order valence-electron chi connectivity index (χ4n) is 5.11. The number of carbonyl (C=O) groups excluding carboxylic acids is 1. The predicted octanol–water partition coefficient (Wildman–Crippen LogP) is 3.26. The monoisotopic (exact) mass is 492 g/mol.